The highest BCUT2D eigenvalue weighted by Crippen LogP contribution is 2.15. The maximum Gasteiger partial charge on any atom is 0.0337 e. The first-order valence-corrected chi connectivity index (χ1v) is 6.03. The van der Waals surface area contributed by atoms with Crippen molar-refractivity contribution in [2.24, 2.45) is 0 Å². The molecule has 0 amide bonds. The molecule has 0 aliphatic rings. The number of hydrogen-bond acceptors (Lipinski definition) is 3. The van der Waals surface area contributed by atoms with E-state index in [2.05, 4.69) is 18.7 Å². The van der Waals surface area contributed by atoms with Crippen molar-refractivity contribution in [1.29, 1.82) is 0 Å². The minimum atomic E-state index is 0.753. The summed E-state index contributed by atoms with van der Waals surface area (Å²) in [7, 11) is 0. The zero-order chi connectivity index (χ0) is 12.0. The molecule has 0 spiro atoms. The number of nitrogen functional groups attached to an aromatic ring is 2. The Bertz CT molecular complexity index is 297. The van der Waals surface area contributed by atoms with Crippen LogP contribution in [0.5, 0.6) is 0 Å². The second-order valence-electron chi connectivity index (χ2n) is 4.28. The summed E-state index contributed by atoms with van der Waals surface area (Å²) in [6.45, 7) is 7.61. The molecule has 0 radical (unpaired) electrons. The molecule has 0 saturated carbocycles. The first kappa shape index (κ1) is 12.8. The maximum absolute atomic E-state index is 5.78. The van der Waals surface area contributed by atoms with Gasteiger partial charge in [-0.25, -0.2) is 0 Å². The van der Waals surface area contributed by atoms with Gasteiger partial charge in [-0.05, 0) is 49.7 Å². The highest BCUT2D eigenvalue weighted by atomic mass is 15.1. The van der Waals surface area contributed by atoms with Gasteiger partial charge in [-0.1, -0.05) is 13.8 Å². The fourth-order valence-corrected chi connectivity index (χ4v) is 2.00. The van der Waals surface area contributed by atoms with E-state index in [1.165, 1.54) is 18.4 Å². The standard InChI is InChI=1S/C13H23N3/c1-3-5-16(6-4-2)10-11-7-12(14)9-13(15)8-11/h7-9H,3-6,10,14-15H2,1-2H3. The van der Waals surface area contributed by atoms with Crippen molar-refractivity contribution in [3.8, 4) is 0 Å². The molecule has 3 heteroatoms. The number of anilines is 2. The molecule has 90 valence electrons. The number of hydrogen-bond donors (Lipinski definition) is 2. The summed E-state index contributed by atoms with van der Waals surface area (Å²) < 4.78 is 0. The summed E-state index contributed by atoms with van der Waals surface area (Å²) in [6.07, 6.45) is 2.36. The van der Waals surface area contributed by atoms with Crippen LogP contribution in [0, 0.1) is 0 Å². The monoisotopic (exact) mass is 221 g/mol. The molecular weight excluding hydrogens is 198 g/mol. The van der Waals surface area contributed by atoms with Crippen molar-refractivity contribution >= 4 is 11.4 Å². The van der Waals surface area contributed by atoms with Crippen LogP contribution in [0.15, 0.2) is 18.2 Å². The van der Waals surface area contributed by atoms with Gasteiger partial charge in [-0.15, -0.1) is 0 Å². The fourth-order valence-electron chi connectivity index (χ4n) is 2.00. The third kappa shape index (κ3) is 4.11. The molecular formula is C13H23N3. The third-order valence-corrected chi connectivity index (χ3v) is 2.52. The molecule has 1 aromatic rings. The van der Waals surface area contributed by atoms with Crippen LogP contribution < -0.4 is 11.5 Å². The Hall–Kier alpha value is -1.22. The molecule has 0 aliphatic heterocycles. The number of benzene rings is 1. The Balaban J connectivity index is 2.68. The van der Waals surface area contributed by atoms with Gasteiger partial charge in [0.05, 0.1) is 0 Å². The van der Waals surface area contributed by atoms with Gasteiger partial charge in [0, 0.05) is 17.9 Å². The summed E-state index contributed by atoms with van der Waals surface area (Å²) in [4.78, 5) is 2.44. The summed E-state index contributed by atoms with van der Waals surface area (Å²) in [5, 5.41) is 0. The quantitative estimate of drug-likeness (QED) is 0.726. The topological polar surface area (TPSA) is 55.3 Å². The molecule has 0 aromatic heterocycles. The molecule has 16 heavy (non-hydrogen) atoms. The van der Waals surface area contributed by atoms with Gasteiger partial charge in [-0.3, -0.25) is 4.90 Å². The van der Waals surface area contributed by atoms with Gasteiger partial charge in [0.2, 0.25) is 0 Å². The lowest BCUT2D eigenvalue weighted by atomic mass is 10.1. The molecule has 0 fully saturated rings. The predicted molar refractivity (Wildman–Crippen MR) is 71.1 cm³/mol. The van der Waals surface area contributed by atoms with E-state index in [4.69, 9.17) is 11.5 Å². The van der Waals surface area contributed by atoms with Gasteiger partial charge >= 0.3 is 0 Å². The Morgan fingerprint density at radius 1 is 0.938 bits per heavy atom. The van der Waals surface area contributed by atoms with E-state index >= 15 is 0 Å². The highest BCUT2D eigenvalue weighted by molar-refractivity contribution is 5.54. The summed E-state index contributed by atoms with van der Waals surface area (Å²) >= 11 is 0. The lowest BCUT2D eigenvalue weighted by Gasteiger charge is -2.21. The van der Waals surface area contributed by atoms with Crippen LogP contribution in [-0.2, 0) is 6.54 Å². The fraction of sp³-hybridized carbons (Fsp3) is 0.538. The highest BCUT2D eigenvalue weighted by Gasteiger charge is 2.04. The van der Waals surface area contributed by atoms with Crippen LogP contribution in [0.25, 0.3) is 0 Å². The van der Waals surface area contributed by atoms with Crippen molar-refractivity contribution in [3.05, 3.63) is 23.8 Å². The summed E-state index contributed by atoms with van der Waals surface area (Å²) in [5.41, 5.74) is 14.3. The van der Waals surface area contributed by atoms with Gasteiger partial charge in [0.15, 0.2) is 0 Å². The molecule has 0 heterocycles. The predicted octanol–water partition coefficient (Wildman–Crippen LogP) is 2.47. The van der Waals surface area contributed by atoms with Crippen LogP contribution in [0.1, 0.15) is 32.3 Å². The number of rotatable bonds is 6. The average molecular weight is 221 g/mol. The van der Waals surface area contributed by atoms with E-state index in [0.717, 1.165) is 31.0 Å². The molecule has 0 saturated heterocycles. The van der Waals surface area contributed by atoms with Crippen molar-refractivity contribution in [2.45, 2.75) is 33.2 Å². The minimum Gasteiger partial charge on any atom is -0.399 e. The van der Waals surface area contributed by atoms with Gasteiger partial charge in [0.25, 0.3) is 0 Å². The van der Waals surface area contributed by atoms with E-state index in [1.54, 1.807) is 6.07 Å². The Morgan fingerprint density at radius 2 is 1.44 bits per heavy atom. The molecule has 1 aromatic carbocycles. The van der Waals surface area contributed by atoms with Crippen molar-refractivity contribution in [2.75, 3.05) is 24.6 Å². The molecule has 0 unspecified atom stereocenters. The largest absolute Gasteiger partial charge is 0.399 e. The Kier molecular flexibility index (Phi) is 5.12. The summed E-state index contributed by atoms with van der Waals surface area (Å²) in [6, 6.07) is 5.82. The Morgan fingerprint density at radius 3 is 1.88 bits per heavy atom. The van der Waals surface area contributed by atoms with E-state index in [-0.39, 0.29) is 0 Å². The third-order valence-electron chi connectivity index (χ3n) is 2.52. The van der Waals surface area contributed by atoms with Gasteiger partial charge in [-0.2, -0.15) is 0 Å². The molecule has 1 rings (SSSR count). The lowest BCUT2D eigenvalue weighted by Crippen LogP contribution is -2.24. The number of nitrogens with two attached hydrogens (primary N) is 2. The zero-order valence-corrected chi connectivity index (χ0v) is 10.4. The second kappa shape index (κ2) is 6.38. The molecule has 4 N–H and O–H groups in total. The van der Waals surface area contributed by atoms with Crippen LogP contribution >= 0.6 is 0 Å². The van der Waals surface area contributed by atoms with E-state index in [0.29, 0.717) is 0 Å². The first-order chi connectivity index (χ1) is 7.65. The molecule has 0 bridgehead atoms. The van der Waals surface area contributed by atoms with Crippen LogP contribution in [-0.4, -0.2) is 18.0 Å². The van der Waals surface area contributed by atoms with Crippen molar-refractivity contribution < 1.29 is 0 Å². The molecule has 3 nitrogen and oxygen atoms in total. The Labute approximate surface area is 98.4 Å². The van der Waals surface area contributed by atoms with Crippen LogP contribution in [0.3, 0.4) is 0 Å². The van der Waals surface area contributed by atoms with Crippen molar-refractivity contribution in [1.82, 2.24) is 4.90 Å². The van der Waals surface area contributed by atoms with Gasteiger partial charge in [0.1, 0.15) is 0 Å². The van der Waals surface area contributed by atoms with E-state index < -0.39 is 0 Å². The second-order valence-corrected chi connectivity index (χ2v) is 4.28. The van der Waals surface area contributed by atoms with Crippen molar-refractivity contribution in [3.63, 3.8) is 0 Å². The zero-order valence-electron chi connectivity index (χ0n) is 10.4. The molecule has 0 atom stereocenters. The van der Waals surface area contributed by atoms with Gasteiger partial charge < -0.3 is 11.5 Å². The minimum absolute atomic E-state index is 0.753. The molecule has 0 aliphatic carbocycles. The SMILES string of the molecule is CCCN(CCC)Cc1cc(N)cc(N)c1. The smallest absolute Gasteiger partial charge is 0.0337 e. The van der Waals surface area contributed by atoms with Crippen LogP contribution in [0.4, 0.5) is 11.4 Å². The summed E-state index contributed by atoms with van der Waals surface area (Å²) in [5.74, 6) is 0. The normalized spacial score (nSPS) is 10.9. The van der Waals surface area contributed by atoms with E-state index in [1.807, 2.05) is 12.1 Å². The lowest BCUT2D eigenvalue weighted by molar-refractivity contribution is 0.266. The number of nitrogens with zero attached hydrogens (tertiary/aromatic N) is 1. The first-order valence-electron chi connectivity index (χ1n) is 6.03. The average Bonchev–Trinajstić information content (AvgIpc) is 2.16. The van der Waals surface area contributed by atoms with E-state index in [9.17, 15) is 0 Å². The maximum atomic E-state index is 5.78. The van der Waals surface area contributed by atoms with Crippen LogP contribution in [0.2, 0.25) is 0 Å².